The van der Waals surface area contributed by atoms with Gasteiger partial charge in [-0.3, -0.25) is 9.78 Å². The summed E-state index contributed by atoms with van der Waals surface area (Å²) >= 11 is 5.91. The fraction of sp³-hybridized carbons (Fsp3) is 0.304. The monoisotopic (exact) mass is 513 g/mol. The van der Waals surface area contributed by atoms with E-state index in [2.05, 4.69) is 4.98 Å². The third-order valence-electron chi connectivity index (χ3n) is 5.29. The predicted molar refractivity (Wildman–Crippen MR) is 125 cm³/mol. The van der Waals surface area contributed by atoms with Crippen molar-refractivity contribution in [2.45, 2.75) is 19.6 Å². The van der Waals surface area contributed by atoms with Gasteiger partial charge in [0.2, 0.25) is 0 Å². The van der Waals surface area contributed by atoms with E-state index in [-0.39, 0.29) is 41.4 Å². The van der Waals surface area contributed by atoms with Crippen molar-refractivity contribution in [3.63, 3.8) is 0 Å². The van der Waals surface area contributed by atoms with E-state index in [0.717, 1.165) is 15.7 Å². The van der Waals surface area contributed by atoms with Crippen LogP contribution >= 0.6 is 11.6 Å². The molecular formula is C23H23ClF3N3O3S. The van der Waals surface area contributed by atoms with Crippen LogP contribution in [0.5, 0.6) is 0 Å². The van der Waals surface area contributed by atoms with Gasteiger partial charge in [-0.2, -0.15) is 13.2 Å². The Bertz CT molecular complexity index is 1290. The van der Waals surface area contributed by atoms with Crippen LogP contribution in [0.3, 0.4) is 0 Å². The number of alkyl halides is 3. The van der Waals surface area contributed by atoms with Crippen molar-refractivity contribution in [2.24, 2.45) is 0 Å². The summed E-state index contributed by atoms with van der Waals surface area (Å²) in [6, 6.07) is 11.4. The molecule has 2 heterocycles. The van der Waals surface area contributed by atoms with Gasteiger partial charge in [-0.05, 0) is 30.2 Å². The van der Waals surface area contributed by atoms with E-state index in [9.17, 15) is 26.4 Å². The lowest BCUT2D eigenvalue weighted by molar-refractivity contribution is -0.143. The smallest absolute Gasteiger partial charge is 0.339 e. The number of benzene rings is 1. The zero-order chi connectivity index (χ0) is 25.3. The number of carbonyl (C=O) groups excluding carboxylic acids is 1. The Labute approximate surface area is 200 Å². The largest absolute Gasteiger partial charge is 0.431 e. The fourth-order valence-corrected chi connectivity index (χ4v) is 4.40. The Balaban J connectivity index is 2.27. The molecule has 0 N–H and O–H groups in total. The van der Waals surface area contributed by atoms with Crippen molar-refractivity contribution in [2.75, 3.05) is 25.6 Å². The standard InChI is InChI=1S/C23H23ClF3N3O3S/c1-15-19(18-10-9-17(24)13-28-18)20(22(31)29(2)11-12-34(3,32)33)30(21(15)23(25,26)27)14-16-7-5-4-6-8-16/h4-10,13H,11-12,14H2,1-3H3. The number of sulfone groups is 1. The van der Waals surface area contributed by atoms with Gasteiger partial charge >= 0.3 is 6.18 Å². The van der Waals surface area contributed by atoms with Crippen molar-refractivity contribution in [3.8, 4) is 11.3 Å². The number of nitrogens with zero attached hydrogens (tertiary/aromatic N) is 3. The number of hydrogen-bond donors (Lipinski definition) is 0. The third-order valence-corrected chi connectivity index (χ3v) is 6.44. The van der Waals surface area contributed by atoms with Crippen LogP contribution in [0.15, 0.2) is 48.7 Å². The van der Waals surface area contributed by atoms with Crippen LogP contribution in [0.2, 0.25) is 5.02 Å². The molecule has 1 amide bonds. The van der Waals surface area contributed by atoms with Gasteiger partial charge < -0.3 is 9.47 Å². The molecule has 11 heteroatoms. The number of amides is 1. The van der Waals surface area contributed by atoms with E-state index in [1.54, 1.807) is 30.3 Å². The van der Waals surface area contributed by atoms with Crippen LogP contribution < -0.4 is 0 Å². The zero-order valence-electron chi connectivity index (χ0n) is 18.7. The van der Waals surface area contributed by atoms with Crippen LogP contribution in [0.25, 0.3) is 11.3 Å². The molecule has 1 aromatic carbocycles. The molecule has 0 unspecified atom stereocenters. The first-order valence-corrected chi connectivity index (χ1v) is 12.6. The Hall–Kier alpha value is -2.85. The summed E-state index contributed by atoms with van der Waals surface area (Å²) in [7, 11) is -2.04. The number of rotatable bonds is 7. The van der Waals surface area contributed by atoms with Gasteiger partial charge in [0.25, 0.3) is 5.91 Å². The second kappa shape index (κ2) is 9.79. The van der Waals surface area contributed by atoms with E-state index in [0.29, 0.717) is 10.6 Å². The summed E-state index contributed by atoms with van der Waals surface area (Å²) < 4.78 is 67.0. The first-order chi connectivity index (χ1) is 15.8. The summed E-state index contributed by atoms with van der Waals surface area (Å²) in [6.07, 6.45) is -2.44. The van der Waals surface area contributed by atoms with Crippen molar-refractivity contribution < 1.29 is 26.4 Å². The Morgan fingerprint density at radius 1 is 1.15 bits per heavy atom. The molecule has 182 valence electrons. The Morgan fingerprint density at radius 3 is 2.32 bits per heavy atom. The molecule has 0 aliphatic carbocycles. The summed E-state index contributed by atoms with van der Waals surface area (Å²) in [5.74, 6) is -1.07. The highest BCUT2D eigenvalue weighted by Crippen LogP contribution is 2.41. The highest BCUT2D eigenvalue weighted by molar-refractivity contribution is 7.90. The molecular weight excluding hydrogens is 491 g/mol. The topological polar surface area (TPSA) is 72.3 Å². The summed E-state index contributed by atoms with van der Waals surface area (Å²) in [5, 5.41) is 0.291. The van der Waals surface area contributed by atoms with E-state index in [4.69, 9.17) is 11.6 Å². The van der Waals surface area contributed by atoms with Crippen molar-refractivity contribution in [3.05, 3.63) is 76.2 Å². The molecule has 3 aromatic rings. The third kappa shape index (κ3) is 5.79. The molecule has 34 heavy (non-hydrogen) atoms. The van der Waals surface area contributed by atoms with Crippen molar-refractivity contribution in [1.29, 1.82) is 0 Å². The van der Waals surface area contributed by atoms with Gasteiger partial charge in [0.1, 0.15) is 21.2 Å². The Morgan fingerprint density at radius 2 is 1.79 bits per heavy atom. The maximum Gasteiger partial charge on any atom is 0.431 e. The average molecular weight is 514 g/mol. The van der Waals surface area contributed by atoms with Gasteiger partial charge in [0, 0.05) is 38.2 Å². The van der Waals surface area contributed by atoms with Crippen LogP contribution in [0, 0.1) is 6.92 Å². The summed E-state index contributed by atoms with van der Waals surface area (Å²) in [6.45, 7) is 0.899. The fourth-order valence-electron chi connectivity index (χ4n) is 3.68. The molecule has 0 aliphatic heterocycles. The van der Waals surface area contributed by atoms with Gasteiger partial charge in [0.15, 0.2) is 0 Å². The lowest BCUT2D eigenvalue weighted by Crippen LogP contribution is -2.33. The molecule has 3 rings (SSSR count). The quantitative estimate of drug-likeness (QED) is 0.459. The molecule has 6 nitrogen and oxygen atoms in total. The second-order valence-electron chi connectivity index (χ2n) is 7.98. The maximum absolute atomic E-state index is 14.3. The SMILES string of the molecule is Cc1c(-c2ccc(Cl)cn2)c(C(=O)N(C)CCS(C)(=O)=O)n(Cc2ccccc2)c1C(F)(F)F. The molecule has 0 spiro atoms. The lowest BCUT2D eigenvalue weighted by atomic mass is 10.0. The zero-order valence-corrected chi connectivity index (χ0v) is 20.3. The first kappa shape index (κ1) is 25.8. The first-order valence-electron chi connectivity index (χ1n) is 10.2. The summed E-state index contributed by atoms with van der Waals surface area (Å²) in [4.78, 5) is 18.8. The van der Waals surface area contributed by atoms with E-state index < -0.39 is 27.6 Å². The molecule has 0 saturated heterocycles. The minimum Gasteiger partial charge on any atom is -0.339 e. The van der Waals surface area contributed by atoms with E-state index in [1.165, 1.54) is 32.3 Å². The average Bonchev–Trinajstić information content (AvgIpc) is 3.04. The molecule has 0 aliphatic rings. The summed E-state index contributed by atoms with van der Waals surface area (Å²) in [5.41, 5.74) is -0.609. The van der Waals surface area contributed by atoms with Gasteiger partial charge in [-0.1, -0.05) is 41.9 Å². The number of pyridine rings is 1. The minimum absolute atomic E-state index is 0.0242. The maximum atomic E-state index is 14.3. The molecule has 2 aromatic heterocycles. The molecule has 0 saturated carbocycles. The van der Waals surface area contributed by atoms with Crippen LogP contribution in [0.1, 0.15) is 27.3 Å². The highest BCUT2D eigenvalue weighted by atomic mass is 35.5. The minimum atomic E-state index is -4.76. The molecule has 0 fully saturated rings. The van der Waals surface area contributed by atoms with Crippen LogP contribution in [-0.4, -0.2) is 54.4 Å². The second-order valence-corrected chi connectivity index (χ2v) is 10.7. The lowest BCUT2D eigenvalue weighted by Gasteiger charge is -2.21. The van der Waals surface area contributed by atoms with Crippen molar-refractivity contribution >= 4 is 27.3 Å². The van der Waals surface area contributed by atoms with Gasteiger partial charge in [0.05, 0.1) is 16.5 Å². The van der Waals surface area contributed by atoms with Crippen LogP contribution in [-0.2, 0) is 22.6 Å². The predicted octanol–water partition coefficient (Wildman–Crippen LogP) is 4.70. The number of aromatic nitrogens is 2. The van der Waals surface area contributed by atoms with Gasteiger partial charge in [-0.25, -0.2) is 8.42 Å². The number of hydrogen-bond acceptors (Lipinski definition) is 4. The van der Waals surface area contributed by atoms with Crippen LogP contribution in [0.4, 0.5) is 13.2 Å². The molecule has 0 radical (unpaired) electrons. The molecule has 0 bridgehead atoms. The number of carbonyl (C=O) groups is 1. The van der Waals surface area contributed by atoms with E-state index in [1.807, 2.05) is 0 Å². The van der Waals surface area contributed by atoms with Crippen molar-refractivity contribution in [1.82, 2.24) is 14.5 Å². The molecule has 0 atom stereocenters. The normalized spacial score (nSPS) is 12.1. The highest BCUT2D eigenvalue weighted by Gasteiger charge is 2.41. The van der Waals surface area contributed by atoms with E-state index >= 15 is 0 Å². The van der Waals surface area contributed by atoms with Gasteiger partial charge in [-0.15, -0.1) is 0 Å². The number of halogens is 4. The Kier molecular flexibility index (Phi) is 7.42.